The van der Waals surface area contributed by atoms with Crippen molar-refractivity contribution in [2.45, 2.75) is 32.7 Å². The summed E-state index contributed by atoms with van der Waals surface area (Å²) in [6, 6.07) is 4.23. The highest BCUT2D eigenvalue weighted by molar-refractivity contribution is 5.80. The maximum absolute atomic E-state index is 5.50. The normalized spacial score (nSPS) is 18.7. The fourth-order valence-electron chi connectivity index (χ4n) is 4.29. The first-order chi connectivity index (χ1) is 14.6. The zero-order valence-electron chi connectivity index (χ0n) is 19.2. The van der Waals surface area contributed by atoms with E-state index in [0.717, 1.165) is 63.0 Å². The molecule has 0 saturated carbocycles. The van der Waals surface area contributed by atoms with E-state index in [-0.39, 0.29) is 0 Å². The summed E-state index contributed by atoms with van der Waals surface area (Å²) in [5.41, 5.74) is 2.63. The molecule has 168 valence electrons. The van der Waals surface area contributed by atoms with Crippen molar-refractivity contribution < 1.29 is 9.47 Å². The maximum atomic E-state index is 5.50. The van der Waals surface area contributed by atoms with Gasteiger partial charge >= 0.3 is 0 Å². The van der Waals surface area contributed by atoms with Crippen molar-refractivity contribution in [3.05, 3.63) is 23.3 Å². The molecule has 2 heterocycles. The third kappa shape index (κ3) is 6.01. The van der Waals surface area contributed by atoms with Crippen LogP contribution in [0.4, 0.5) is 0 Å². The number of fused-ring (bicyclic) bond motifs is 1. The molecule has 3 rings (SSSR count). The number of rotatable bonds is 7. The number of hydrogen-bond acceptors (Lipinski definition) is 5. The zero-order chi connectivity index (χ0) is 21.3. The second-order valence-electron chi connectivity index (χ2n) is 8.24. The van der Waals surface area contributed by atoms with Crippen LogP contribution in [-0.4, -0.2) is 94.3 Å². The summed E-state index contributed by atoms with van der Waals surface area (Å²) in [5, 5.41) is 3.49. The standard InChI is InChI=1S/C23H39N5O2/c1-5-24-23(25-9-6-11-27-12-7-10-26(2)14-15-27)28-13-8-19-16-21(29-3)22(30-4)17-20(19)18-28/h16-17H,5-15,18H2,1-4H3,(H,24,25). The van der Waals surface area contributed by atoms with Crippen LogP contribution in [0.15, 0.2) is 17.1 Å². The van der Waals surface area contributed by atoms with E-state index in [9.17, 15) is 0 Å². The van der Waals surface area contributed by atoms with Gasteiger partial charge in [-0.05, 0) is 76.1 Å². The number of likely N-dealkylation sites (N-methyl/N-ethyl adjacent to an activating group) is 1. The molecule has 1 N–H and O–H groups in total. The Bertz CT molecular complexity index is 709. The fraction of sp³-hybridized carbons (Fsp3) is 0.696. The number of hydrogen-bond donors (Lipinski definition) is 1. The van der Waals surface area contributed by atoms with Crippen molar-refractivity contribution in [2.24, 2.45) is 4.99 Å². The molecular formula is C23H39N5O2. The minimum absolute atomic E-state index is 0.795. The first-order valence-electron chi connectivity index (χ1n) is 11.3. The fourth-order valence-corrected chi connectivity index (χ4v) is 4.29. The summed E-state index contributed by atoms with van der Waals surface area (Å²) in [6.07, 6.45) is 3.36. The van der Waals surface area contributed by atoms with E-state index >= 15 is 0 Å². The molecule has 1 aromatic carbocycles. The summed E-state index contributed by atoms with van der Waals surface area (Å²) >= 11 is 0. The molecule has 0 atom stereocenters. The quantitative estimate of drug-likeness (QED) is 0.416. The number of nitrogens with zero attached hydrogens (tertiary/aromatic N) is 4. The molecule has 0 aromatic heterocycles. The topological polar surface area (TPSA) is 52.6 Å². The average molecular weight is 418 g/mol. The molecule has 0 radical (unpaired) electrons. The van der Waals surface area contributed by atoms with Gasteiger partial charge in [0, 0.05) is 39.3 Å². The summed E-state index contributed by atoms with van der Waals surface area (Å²) in [4.78, 5) is 12.3. The Morgan fingerprint density at radius 2 is 1.80 bits per heavy atom. The summed E-state index contributed by atoms with van der Waals surface area (Å²) in [6.45, 7) is 11.6. The lowest BCUT2D eigenvalue weighted by Crippen LogP contribution is -2.44. The van der Waals surface area contributed by atoms with Gasteiger partial charge in [0.15, 0.2) is 17.5 Å². The molecule has 1 aromatic rings. The van der Waals surface area contributed by atoms with E-state index in [1.807, 2.05) is 0 Å². The monoisotopic (exact) mass is 417 g/mol. The molecule has 30 heavy (non-hydrogen) atoms. The summed E-state index contributed by atoms with van der Waals surface area (Å²) < 4.78 is 11.0. The molecule has 0 aliphatic carbocycles. The Morgan fingerprint density at radius 3 is 2.53 bits per heavy atom. The highest BCUT2D eigenvalue weighted by atomic mass is 16.5. The van der Waals surface area contributed by atoms with Crippen LogP contribution in [0.1, 0.15) is 30.9 Å². The van der Waals surface area contributed by atoms with Gasteiger partial charge < -0.3 is 29.5 Å². The highest BCUT2D eigenvalue weighted by Crippen LogP contribution is 2.33. The second-order valence-corrected chi connectivity index (χ2v) is 8.24. The first kappa shape index (κ1) is 22.7. The second kappa shape index (κ2) is 11.4. The van der Waals surface area contributed by atoms with E-state index in [2.05, 4.69) is 46.1 Å². The van der Waals surface area contributed by atoms with Gasteiger partial charge in [-0.1, -0.05) is 0 Å². The number of ether oxygens (including phenoxy) is 2. The number of guanidine groups is 1. The van der Waals surface area contributed by atoms with Gasteiger partial charge in [0.25, 0.3) is 0 Å². The minimum atomic E-state index is 0.795. The van der Waals surface area contributed by atoms with Crippen LogP contribution in [0.5, 0.6) is 11.5 Å². The third-order valence-corrected chi connectivity index (χ3v) is 6.06. The van der Waals surface area contributed by atoms with Gasteiger partial charge in [0.1, 0.15) is 0 Å². The van der Waals surface area contributed by atoms with Crippen molar-refractivity contribution in [3.63, 3.8) is 0 Å². The summed E-state index contributed by atoms with van der Waals surface area (Å²) in [5.74, 6) is 2.63. The van der Waals surface area contributed by atoms with Crippen LogP contribution in [0.2, 0.25) is 0 Å². The maximum Gasteiger partial charge on any atom is 0.194 e. The van der Waals surface area contributed by atoms with Gasteiger partial charge in [-0.25, -0.2) is 0 Å². The van der Waals surface area contributed by atoms with Gasteiger partial charge in [0.2, 0.25) is 0 Å². The third-order valence-electron chi connectivity index (χ3n) is 6.06. The van der Waals surface area contributed by atoms with E-state index in [1.54, 1.807) is 14.2 Å². The molecule has 2 aliphatic rings. The molecule has 0 spiro atoms. The highest BCUT2D eigenvalue weighted by Gasteiger charge is 2.21. The van der Waals surface area contributed by atoms with E-state index in [0.29, 0.717) is 0 Å². The molecule has 1 fully saturated rings. The first-order valence-corrected chi connectivity index (χ1v) is 11.3. The number of benzene rings is 1. The molecule has 7 heteroatoms. The number of nitrogens with one attached hydrogen (secondary N) is 1. The zero-order valence-corrected chi connectivity index (χ0v) is 19.2. The Labute approximate surface area is 182 Å². The predicted molar refractivity (Wildman–Crippen MR) is 123 cm³/mol. The van der Waals surface area contributed by atoms with Crippen LogP contribution in [0.3, 0.4) is 0 Å². The van der Waals surface area contributed by atoms with Crippen LogP contribution >= 0.6 is 0 Å². The molecule has 1 saturated heterocycles. The van der Waals surface area contributed by atoms with Crippen molar-refractivity contribution in [3.8, 4) is 11.5 Å². The Balaban J connectivity index is 1.58. The van der Waals surface area contributed by atoms with Gasteiger partial charge in [-0.3, -0.25) is 4.99 Å². The molecule has 0 bridgehead atoms. The lowest BCUT2D eigenvalue weighted by Gasteiger charge is -2.32. The Hall–Kier alpha value is -1.99. The number of methoxy groups -OCH3 is 2. The SMILES string of the molecule is CCNC(=NCCCN1CCCN(C)CC1)N1CCc2cc(OC)c(OC)cc2C1. The average Bonchev–Trinajstić information content (AvgIpc) is 2.98. The Kier molecular flexibility index (Phi) is 8.63. The van der Waals surface area contributed by atoms with E-state index in [1.165, 1.54) is 43.7 Å². The molecule has 0 amide bonds. The van der Waals surface area contributed by atoms with Crippen LogP contribution in [-0.2, 0) is 13.0 Å². The van der Waals surface area contributed by atoms with Crippen molar-refractivity contribution in [1.82, 2.24) is 20.0 Å². The molecule has 7 nitrogen and oxygen atoms in total. The lowest BCUT2D eigenvalue weighted by molar-refractivity contribution is 0.274. The van der Waals surface area contributed by atoms with Crippen molar-refractivity contribution in [2.75, 3.05) is 73.6 Å². The van der Waals surface area contributed by atoms with Gasteiger partial charge in [-0.2, -0.15) is 0 Å². The molecule has 2 aliphatic heterocycles. The Morgan fingerprint density at radius 1 is 1.03 bits per heavy atom. The minimum Gasteiger partial charge on any atom is -0.493 e. The van der Waals surface area contributed by atoms with Crippen LogP contribution < -0.4 is 14.8 Å². The van der Waals surface area contributed by atoms with Crippen LogP contribution in [0.25, 0.3) is 0 Å². The number of aliphatic imine (C=N–C) groups is 1. The van der Waals surface area contributed by atoms with Gasteiger partial charge in [-0.15, -0.1) is 0 Å². The van der Waals surface area contributed by atoms with Crippen LogP contribution in [0, 0.1) is 0 Å². The smallest absolute Gasteiger partial charge is 0.194 e. The lowest BCUT2D eigenvalue weighted by atomic mass is 9.99. The van der Waals surface area contributed by atoms with E-state index < -0.39 is 0 Å². The largest absolute Gasteiger partial charge is 0.493 e. The van der Waals surface area contributed by atoms with Gasteiger partial charge in [0.05, 0.1) is 14.2 Å². The molecular weight excluding hydrogens is 378 g/mol. The van der Waals surface area contributed by atoms with Crippen molar-refractivity contribution >= 4 is 5.96 Å². The van der Waals surface area contributed by atoms with Crippen molar-refractivity contribution in [1.29, 1.82) is 0 Å². The van der Waals surface area contributed by atoms with E-state index in [4.69, 9.17) is 14.5 Å². The molecule has 0 unspecified atom stereocenters. The predicted octanol–water partition coefficient (Wildman–Crippen LogP) is 2.06. The summed E-state index contributed by atoms with van der Waals surface area (Å²) in [7, 11) is 5.61.